The molecule has 6 nitrogen and oxygen atoms in total. The third-order valence-electron chi connectivity index (χ3n) is 5.77. The molecule has 0 bridgehead atoms. The first kappa shape index (κ1) is 22.9. The molecule has 0 saturated heterocycles. The number of hydrogen-bond donors (Lipinski definition) is 1. The maximum atomic E-state index is 13.5. The van der Waals surface area contributed by atoms with E-state index in [0.29, 0.717) is 22.0 Å². The van der Waals surface area contributed by atoms with Gasteiger partial charge in [0.2, 0.25) is 11.7 Å². The fourth-order valence-electron chi connectivity index (χ4n) is 4.06. The zero-order chi connectivity index (χ0) is 24.4. The number of nitrogens with one attached hydrogen (secondary N) is 1. The molecule has 1 aliphatic heterocycles. The average Bonchev–Trinajstić information content (AvgIpc) is 3.29. The van der Waals surface area contributed by atoms with Crippen molar-refractivity contribution in [2.45, 2.75) is 17.2 Å². The summed E-state index contributed by atoms with van der Waals surface area (Å²) in [5, 5.41) is 17.6. The summed E-state index contributed by atoms with van der Waals surface area (Å²) in [4.78, 5) is 27.4. The second kappa shape index (κ2) is 9.79. The van der Waals surface area contributed by atoms with Crippen molar-refractivity contribution in [3.05, 3.63) is 101 Å². The lowest BCUT2D eigenvalue weighted by molar-refractivity contribution is -0.122. The molecule has 1 aromatic heterocycles. The van der Waals surface area contributed by atoms with Crippen molar-refractivity contribution in [1.29, 1.82) is 5.26 Å². The number of ketones is 1. The highest BCUT2D eigenvalue weighted by Gasteiger charge is 2.35. The third kappa shape index (κ3) is 4.34. The molecule has 1 N–H and O–H groups in total. The van der Waals surface area contributed by atoms with Crippen LogP contribution in [0.4, 0.5) is 0 Å². The monoisotopic (exact) mass is 498 g/mol. The Kier molecular flexibility index (Phi) is 6.41. The van der Waals surface area contributed by atoms with E-state index < -0.39 is 17.6 Å². The molecular formula is C27H19ClN4O2S. The van der Waals surface area contributed by atoms with Crippen molar-refractivity contribution < 1.29 is 9.59 Å². The molecule has 1 amide bonds. The molecule has 1 unspecified atom stereocenters. The molecule has 172 valence electrons. The molecule has 3 aromatic carbocycles. The summed E-state index contributed by atoms with van der Waals surface area (Å²) in [6.45, 7) is 0.223. The number of halogens is 1. The summed E-state index contributed by atoms with van der Waals surface area (Å²) in [5.41, 5.74) is 3.97. The second-order valence-electron chi connectivity index (χ2n) is 7.95. The minimum atomic E-state index is -1.51. The van der Waals surface area contributed by atoms with Crippen molar-refractivity contribution in [3.63, 3.8) is 0 Å². The zero-order valence-corrected chi connectivity index (χ0v) is 20.0. The second-order valence-corrected chi connectivity index (χ2v) is 9.38. The number of Topliss-reactive ketones (excluding diaryl/α,β-unsaturated/α-hetero) is 1. The summed E-state index contributed by atoms with van der Waals surface area (Å²) in [5.74, 6) is -2.30. The quantitative estimate of drug-likeness (QED) is 0.282. The van der Waals surface area contributed by atoms with E-state index in [4.69, 9.17) is 11.6 Å². The molecule has 0 saturated carbocycles. The normalized spacial score (nSPS) is 12.7. The number of thioether (sulfide) groups is 1. The fraction of sp³-hybridized carbons (Fsp3) is 0.111. The van der Waals surface area contributed by atoms with Crippen molar-refractivity contribution in [2.24, 2.45) is 5.92 Å². The predicted molar refractivity (Wildman–Crippen MR) is 135 cm³/mol. The maximum Gasteiger partial charge on any atom is 0.245 e. The molecule has 1 atom stereocenters. The van der Waals surface area contributed by atoms with Crippen molar-refractivity contribution >= 4 is 35.1 Å². The highest BCUT2D eigenvalue weighted by molar-refractivity contribution is 7.98. The maximum absolute atomic E-state index is 13.5. The van der Waals surface area contributed by atoms with Crippen LogP contribution in [0.2, 0.25) is 5.02 Å². The molecule has 1 aliphatic rings. The third-order valence-corrected chi connectivity index (χ3v) is 7.19. The van der Waals surface area contributed by atoms with Gasteiger partial charge in [0.15, 0.2) is 5.92 Å². The van der Waals surface area contributed by atoms with Crippen molar-refractivity contribution in [3.8, 4) is 23.0 Å². The molecule has 0 radical (unpaired) electrons. The Morgan fingerprint density at radius 2 is 1.77 bits per heavy atom. The summed E-state index contributed by atoms with van der Waals surface area (Å²) >= 11 is 8.08. The zero-order valence-electron chi connectivity index (χ0n) is 18.4. The average molecular weight is 499 g/mol. The Balaban J connectivity index is 1.55. The number of rotatable bonds is 6. The van der Waals surface area contributed by atoms with Gasteiger partial charge in [0.1, 0.15) is 5.69 Å². The molecule has 5 rings (SSSR count). The number of benzene rings is 3. The number of hydrogen-bond acceptors (Lipinski definition) is 5. The van der Waals surface area contributed by atoms with E-state index in [1.807, 2.05) is 78.9 Å². The molecule has 35 heavy (non-hydrogen) atoms. The van der Waals surface area contributed by atoms with Crippen LogP contribution in [0.3, 0.4) is 0 Å². The number of nitrogens with zero attached hydrogens (tertiary/aromatic N) is 3. The van der Waals surface area contributed by atoms with Gasteiger partial charge in [-0.2, -0.15) is 10.4 Å². The first-order valence-electron chi connectivity index (χ1n) is 10.9. The van der Waals surface area contributed by atoms with Crippen LogP contribution in [-0.4, -0.2) is 21.5 Å². The molecule has 0 fully saturated rings. The van der Waals surface area contributed by atoms with Gasteiger partial charge in [0.05, 0.1) is 22.5 Å². The van der Waals surface area contributed by atoms with Gasteiger partial charge >= 0.3 is 0 Å². The van der Waals surface area contributed by atoms with E-state index in [-0.39, 0.29) is 12.2 Å². The Bertz CT molecular complexity index is 1480. The van der Waals surface area contributed by atoms with Crippen LogP contribution in [0.1, 0.15) is 21.6 Å². The Hall–Kier alpha value is -3.86. The summed E-state index contributed by atoms with van der Waals surface area (Å²) in [7, 11) is 0. The van der Waals surface area contributed by atoms with E-state index in [1.54, 1.807) is 22.5 Å². The molecule has 4 aromatic rings. The number of aromatic nitrogens is 2. The fourth-order valence-corrected chi connectivity index (χ4v) is 5.34. The van der Waals surface area contributed by atoms with Crippen LogP contribution in [0, 0.1) is 17.2 Å². The largest absolute Gasteiger partial charge is 0.350 e. The minimum absolute atomic E-state index is 0.114. The lowest BCUT2D eigenvalue weighted by Crippen LogP contribution is -2.34. The van der Waals surface area contributed by atoms with Crippen LogP contribution in [-0.2, 0) is 17.1 Å². The summed E-state index contributed by atoms with van der Waals surface area (Å²) in [6.07, 6.45) is 0. The topological polar surface area (TPSA) is 87.8 Å². The first-order valence-corrected chi connectivity index (χ1v) is 12.3. The highest BCUT2D eigenvalue weighted by atomic mass is 35.5. The van der Waals surface area contributed by atoms with Crippen LogP contribution in [0.15, 0.2) is 83.8 Å². The molecule has 2 heterocycles. The van der Waals surface area contributed by atoms with Crippen LogP contribution >= 0.6 is 23.4 Å². The van der Waals surface area contributed by atoms with E-state index in [2.05, 4.69) is 10.4 Å². The van der Waals surface area contributed by atoms with Gasteiger partial charge in [0, 0.05) is 28.3 Å². The van der Waals surface area contributed by atoms with Gasteiger partial charge in [-0.05, 0) is 23.8 Å². The number of fused-ring (bicyclic) bond motifs is 3. The first-order chi connectivity index (χ1) is 17.1. The number of carbonyl (C=O) groups excluding carboxylic acids is 2. The predicted octanol–water partition coefficient (Wildman–Crippen LogP) is 5.44. The molecule has 8 heteroatoms. The Morgan fingerprint density at radius 3 is 2.54 bits per heavy atom. The van der Waals surface area contributed by atoms with E-state index in [0.717, 1.165) is 21.7 Å². The van der Waals surface area contributed by atoms with Crippen LogP contribution in [0.25, 0.3) is 16.9 Å². The van der Waals surface area contributed by atoms with E-state index >= 15 is 0 Å². The number of carbonyl (C=O) groups is 2. The standard InChI is InChI=1S/C27H19ClN4O2S/c28-21-11-5-6-12-22(21)32-25-18-10-4-7-13-23(18)35-16-20(25)24(31-32)26(33)19(14-29)27(34)30-15-17-8-2-1-3-9-17/h1-13,19H,15-16H2,(H,30,34). The minimum Gasteiger partial charge on any atom is -0.350 e. The van der Waals surface area contributed by atoms with Crippen LogP contribution in [0.5, 0.6) is 0 Å². The summed E-state index contributed by atoms with van der Waals surface area (Å²) in [6, 6.07) is 26.3. The summed E-state index contributed by atoms with van der Waals surface area (Å²) < 4.78 is 1.65. The molecule has 0 aliphatic carbocycles. The lowest BCUT2D eigenvalue weighted by Gasteiger charge is -2.18. The number of para-hydroxylation sites is 1. The number of nitriles is 1. The van der Waals surface area contributed by atoms with Gasteiger partial charge in [0.25, 0.3) is 0 Å². The molecule has 0 spiro atoms. The number of amides is 1. The van der Waals surface area contributed by atoms with Gasteiger partial charge in [-0.3, -0.25) is 9.59 Å². The Labute approximate surface area is 211 Å². The van der Waals surface area contributed by atoms with Gasteiger partial charge in [-0.25, -0.2) is 4.68 Å². The smallest absolute Gasteiger partial charge is 0.245 e. The van der Waals surface area contributed by atoms with Gasteiger partial charge in [-0.15, -0.1) is 11.8 Å². The van der Waals surface area contributed by atoms with E-state index in [1.165, 1.54) is 0 Å². The van der Waals surface area contributed by atoms with Crippen molar-refractivity contribution in [2.75, 3.05) is 0 Å². The molecular weight excluding hydrogens is 480 g/mol. The highest BCUT2D eigenvalue weighted by Crippen LogP contribution is 2.44. The Morgan fingerprint density at radius 1 is 1.06 bits per heavy atom. The van der Waals surface area contributed by atoms with Crippen molar-refractivity contribution in [1.82, 2.24) is 15.1 Å². The lowest BCUT2D eigenvalue weighted by atomic mass is 9.97. The SMILES string of the molecule is N#CC(C(=O)NCc1ccccc1)C(=O)c1nn(-c2ccccc2Cl)c2c1CSc1ccccc1-2. The van der Waals surface area contributed by atoms with E-state index in [9.17, 15) is 14.9 Å². The van der Waals surface area contributed by atoms with Gasteiger partial charge < -0.3 is 5.32 Å². The van der Waals surface area contributed by atoms with Gasteiger partial charge in [-0.1, -0.05) is 72.3 Å². The van der Waals surface area contributed by atoms with Crippen LogP contribution < -0.4 is 5.32 Å².